The van der Waals surface area contributed by atoms with Gasteiger partial charge < -0.3 is 15.0 Å². The molecule has 3 rings (SSSR count). The van der Waals surface area contributed by atoms with Gasteiger partial charge in [0.25, 0.3) is 11.5 Å². The Labute approximate surface area is 212 Å². The number of pyridine rings is 1. The minimum absolute atomic E-state index is 0.0149. The van der Waals surface area contributed by atoms with Crippen molar-refractivity contribution >= 4 is 23.5 Å². The van der Waals surface area contributed by atoms with Crippen molar-refractivity contribution in [1.82, 2.24) is 10.3 Å². The highest BCUT2D eigenvalue weighted by atomic mass is 35.5. The summed E-state index contributed by atoms with van der Waals surface area (Å²) in [7, 11) is 0. The fraction of sp³-hybridized carbons (Fsp3) is 0.536. The third kappa shape index (κ3) is 6.35. The van der Waals surface area contributed by atoms with Gasteiger partial charge in [0, 0.05) is 28.4 Å². The molecule has 1 unspecified atom stereocenters. The average Bonchev–Trinajstić information content (AvgIpc) is 2.81. The third-order valence-corrected chi connectivity index (χ3v) is 7.60. The Kier molecular flexibility index (Phi) is 9.17. The Hall–Kier alpha value is -2.60. The first-order chi connectivity index (χ1) is 16.7. The molecule has 1 heterocycles. The molecule has 1 atom stereocenters. The Balaban J connectivity index is 1.78. The first-order valence-electron chi connectivity index (χ1n) is 12.6. The second-order valence-corrected chi connectivity index (χ2v) is 10.1. The van der Waals surface area contributed by atoms with Crippen LogP contribution in [-0.4, -0.2) is 23.5 Å². The van der Waals surface area contributed by atoms with Crippen LogP contribution in [0, 0.1) is 32.6 Å². The predicted molar refractivity (Wildman–Crippen MR) is 139 cm³/mol. The van der Waals surface area contributed by atoms with Crippen LogP contribution in [0.1, 0.15) is 90.2 Å². The summed E-state index contributed by atoms with van der Waals surface area (Å²) in [6, 6.07) is 5.58. The maximum Gasteiger partial charge on any atom is 0.308 e. The van der Waals surface area contributed by atoms with E-state index in [0.29, 0.717) is 28.7 Å². The van der Waals surface area contributed by atoms with Crippen LogP contribution >= 0.6 is 11.6 Å². The lowest BCUT2D eigenvalue weighted by Crippen LogP contribution is -2.29. The third-order valence-electron chi connectivity index (χ3n) is 7.38. The van der Waals surface area contributed by atoms with E-state index >= 15 is 0 Å². The summed E-state index contributed by atoms with van der Waals surface area (Å²) >= 11 is 6.49. The van der Waals surface area contributed by atoms with Crippen LogP contribution in [0.2, 0.25) is 5.02 Å². The summed E-state index contributed by atoms with van der Waals surface area (Å²) in [5, 5.41) is 3.44. The number of halogens is 1. The largest absolute Gasteiger partial charge is 0.466 e. The molecule has 0 saturated heterocycles. The molecule has 1 amide bonds. The van der Waals surface area contributed by atoms with E-state index in [1.165, 1.54) is 0 Å². The zero-order valence-electron chi connectivity index (χ0n) is 21.4. The van der Waals surface area contributed by atoms with Gasteiger partial charge >= 0.3 is 5.97 Å². The van der Waals surface area contributed by atoms with Crippen molar-refractivity contribution < 1.29 is 14.3 Å². The molecule has 190 valence electrons. The molecule has 0 bridgehead atoms. The van der Waals surface area contributed by atoms with Gasteiger partial charge in [-0.1, -0.05) is 18.5 Å². The van der Waals surface area contributed by atoms with Gasteiger partial charge in [-0.25, -0.2) is 0 Å². The lowest BCUT2D eigenvalue weighted by atomic mass is 9.71. The first kappa shape index (κ1) is 27.0. The SMILES string of the molecule is CCOC(=O)[C@H]1CC[C@H](C(CC)c2cc(Cl)cc(C(=O)NCc3c(C)cc(C)[nH]c3=O)c2C)CC1. The van der Waals surface area contributed by atoms with Gasteiger partial charge in [-0.3, -0.25) is 14.4 Å². The minimum Gasteiger partial charge on any atom is -0.466 e. The van der Waals surface area contributed by atoms with Gasteiger partial charge in [-0.15, -0.1) is 0 Å². The van der Waals surface area contributed by atoms with E-state index in [4.69, 9.17) is 16.3 Å². The quantitative estimate of drug-likeness (QED) is 0.452. The van der Waals surface area contributed by atoms with Crippen molar-refractivity contribution in [2.75, 3.05) is 6.61 Å². The van der Waals surface area contributed by atoms with Gasteiger partial charge in [0.15, 0.2) is 0 Å². The highest BCUT2D eigenvalue weighted by Gasteiger charge is 2.32. The lowest BCUT2D eigenvalue weighted by molar-refractivity contribution is -0.149. The monoisotopic (exact) mass is 500 g/mol. The predicted octanol–water partition coefficient (Wildman–Crippen LogP) is 5.75. The van der Waals surface area contributed by atoms with Crippen LogP contribution in [0.25, 0.3) is 0 Å². The maximum absolute atomic E-state index is 13.2. The van der Waals surface area contributed by atoms with Gasteiger partial charge in [-0.2, -0.15) is 0 Å². The molecule has 1 aliphatic rings. The summed E-state index contributed by atoms with van der Waals surface area (Å²) in [5.74, 6) is 0.336. The number of carbonyl (C=O) groups excluding carboxylic acids is 2. The summed E-state index contributed by atoms with van der Waals surface area (Å²) in [6.45, 7) is 10.2. The normalized spacial score (nSPS) is 18.7. The molecule has 1 saturated carbocycles. The summed E-state index contributed by atoms with van der Waals surface area (Å²) in [5.41, 5.74) is 4.55. The highest BCUT2D eigenvalue weighted by molar-refractivity contribution is 6.31. The summed E-state index contributed by atoms with van der Waals surface area (Å²) in [6.07, 6.45) is 4.49. The number of benzene rings is 1. The van der Waals surface area contributed by atoms with Crippen LogP contribution in [-0.2, 0) is 16.1 Å². The Morgan fingerprint density at radius 1 is 1.11 bits per heavy atom. The molecule has 35 heavy (non-hydrogen) atoms. The zero-order chi connectivity index (χ0) is 25.7. The standard InChI is InChI=1S/C28H37ClN2O4/c1-6-22(19-8-10-20(11-9-19)28(34)35-7-2)23-13-21(29)14-24(18(23)5)26(32)30-15-25-16(3)12-17(4)31-27(25)33/h12-14,19-20,22H,6-11,15H2,1-5H3,(H,30,32)(H,31,33)/t19-,20-,22?. The summed E-state index contributed by atoms with van der Waals surface area (Å²) < 4.78 is 5.22. The van der Waals surface area contributed by atoms with Crippen molar-refractivity contribution in [1.29, 1.82) is 0 Å². The van der Waals surface area contributed by atoms with Crippen LogP contribution in [0.5, 0.6) is 0 Å². The number of H-pyrrole nitrogens is 1. The molecular weight excluding hydrogens is 464 g/mol. The van der Waals surface area contributed by atoms with Crippen LogP contribution < -0.4 is 10.9 Å². The Morgan fingerprint density at radius 3 is 2.40 bits per heavy atom. The number of aromatic nitrogens is 1. The van der Waals surface area contributed by atoms with E-state index in [0.717, 1.165) is 54.5 Å². The van der Waals surface area contributed by atoms with E-state index in [1.807, 2.05) is 39.8 Å². The number of carbonyl (C=O) groups is 2. The highest BCUT2D eigenvalue weighted by Crippen LogP contribution is 2.42. The molecule has 0 radical (unpaired) electrons. The van der Waals surface area contributed by atoms with E-state index in [9.17, 15) is 14.4 Å². The molecule has 1 aromatic carbocycles. The van der Waals surface area contributed by atoms with Gasteiger partial charge in [-0.05, 0) is 107 Å². The lowest BCUT2D eigenvalue weighted by Gasteiger charge is -2.34. The number of amides is 1. The molecule has 7 heteroatoms. The fourth-order valence-electron chi connectivity index (χ4n) is 5.51. The van der Waals surface area contributed by atoms with Crippen molar-refractivity contribution in [3.05, 3.63) is 67.1 Å². The molecule has 1 aliphatic carbocycles. The number of ether oxygens (including phenoxy) is 1. The number of hydrogen-bond donors (Lipinski definition) is 2. The first-order valence-corrected chi connectivity index (χ1v) is 13.0. The Morgan fingerprint density at radius 2 is 1.80 bits per heavy atom. The number of hydrogen-bond acceptors (Lipinski definition) is 4. The summed E-state index contributed by atoms with van der Waals surface area (Å²) in [4.78, 5) is 40.4. The number of nitrogens with one attached hydrogen (secondary N) is 2. The van der Waals surface area contributed by atoms with Gasteiger partial charge in [0.2, 0.25) is 0 Å². The molecule has 2 aromatic rings. The van der Waals surface area contributed by atoms with Crippen molar-refractivity contribution in [3.8, 4) is 0 Å². The van der Waals surface area contributed by atoms with Crippen molar-refractivity contribution in [2.24, 2.45) is 11.8 Å². The minimum atomic E-state index is -0.244. The molecule has 2 N–H and O–H groups in total. The number of aromatic amines is 1. The molecule has 6 nitrogen and oxygen atoms in total. The molecule has 1 fully saturated rings. The fourth-order valence-corrected chi connectivity index (χ4v) is 5.74. The smallest absolute Gasteiger partial charge is 0.308 e. The second kappa shape index (κ2) is 11.9. The average molecular weight is 501 g/mol. The van der Waals surface area contributed by atoms with Gasteiger partial charge in [0.05, 0.1) is 12.5 Å². The zero-order valence-corrected chi connectivity index (χ0v) is 22.2. The van der Waals surface area contributed by atoms with E-state index in [-0.39, 0.29) is 35.8 Å². The van der Waals surface area contributed by atoms with Crippen LogP contribution in [0.15, 0.2) is 23.0 Å². The van der Waals surface area contributed by atoms with Gasteiger partial charge in [0.1, 0.15) is 0 Å². The van der Waals surface area contributed by atoms with E-state index < -0.39 is 0 Å². The second-order valence-electron chi connectivity index (χ2n) is 9.67. The van der Waals surface area contributed by atoms with E-state index in [2.05, 4.69) is 17.2 Å². The number of rotatable bonds is 8. The molecule has 0 aliphatic heterocycles. The van der Waals surface area contributed by atoms with Crippen molar-refractivity contribution in [2.45, 2.75) is 79.2 Å². The van der Waals surface area contributed by atoms with E-state index in [1.54, 1.807) is 6.07 Å². The number of aryl methyl sites for hydroxylation is 2. The molecule has 1 aromatic heterocycles. The Bertz CT molecular complexity index is 1130. The molecular formula is C28H37ClN2O4. The topological polar surface area (TPSA) is 88.3 Å². The molecule has 0 spiro atoms. The number of esters is 1. The maximum atomic E-state index is 13.2. The van der Waals surface area contributed by atoms with Crippen LogP contribution in [0.3, 0.4) is 0 Å². The van der Waals surface area contributed by atoms with Crippen molar-refractivity contribution in [3.63, 3.8) is 0 Å². The van der Waals surface area contributed by atoms with Crippen LogP contribution in [0.4, 0.5) is 0 Å².